The molecule has 5 nitrogen and oxygen atoms in total. The summed E-state index contributed by atoms with van der Waals surface area (Å²) < 4.78 is 29.6. The van der Waals surface area contributed by atoms with Gasteiger partial charge in [0.05, 0.1) is 16.0 Å². The summed E-state index contributed by atoms with van der Waals surface area (Å²) in [7, 11) is -3.59. The minimum atomic E-state index is -3.59. The molecule has 0 N–H and O–H groups in total. The van der Waals surface area contributed by atoms with Gasteiger partial charge in [-0.3, -0.25) is 0 Å². The molecular formula is C18H16ClN3O2S2. The summed E-state index contributed by atoms with van der Waals surface area (Å²) in [5.41, 5.74) is 1.72. The zero-order valence-electron chi connectivity index (χ0n) is 13.7. The van der Waals surface area contributed by atoms with E-state index in [2.05, 4.69) is 5.10 Å². The molecule has 2 aromatic carbocycles. The van der Waals surface area contributed by atoms with Crippen LogP contribution in [0.4, 0.5) is 0 Å². The van der Waals surface area contributed by atoms with Gasteiger partial charge in [-0.25, -0.2) is 13.1 Å². The summed E-state index contributed by atoms with van der Waals surface area (Å²) in [6.45, 7) is 0.477. The number of hydrogen-bond acceptors (Lipinski definition) is 4. The third-order valence-corrected chi connectivity index (χ3v) is 7.70. The number of thioether (sulfide) groups is 1. The van der Waals surface area contributed by atoms with Crippen LogP contribution in [0.1, 0.15) is 10.9 Å². The number of hydrogen-bond donors (Lipinski definition) is 0. The van der Waals surface area contributed by atoms with Gasteiger partial charge in [0, 0.05) is 29.7 Å². The van der Waals surface area contributed by atoms with Crippen LogP contribution in [0, 0.1) is 0 Å². The average molecular weight is 406 g/mol. The van der Waals surface area contributed by atoms with Crippen molar-refractivity contribution in [2.45, 2.75) is 10.3 Å². The van der Waals surface area contributed by atoms with Gasteiger partial charge in [0.25, 0.3) is 0 Å². The van der Waals surface area contributed by atoms with E-state index in [1.54, 1.807) is 57.3 Å². The number of sulfonamides is 1. The second kappa shape index (κ2) is 7.08. The molecule has 1 atom stereocenters. The first-order valence-corrected chi connectivity index (χ1v) is 10.9. The highest BCUT2D eigenvalue weighted by Gasteiger charge is 2.36. The predicted molar refractivity (Wildman–Crippen MR) is 104 cm³/mol. The quantitative estimate of drug-likeness (QED) is 0.659. The molecular weight excluding hydrogens is 390 g/mol. The van der Waals surface area contributed by atoms with E-state index in [1.165, 1.54) is 0 Å². The number of nitrogens with zero attached hydrogens (tertiary/aromatic N) is 3. The van der Waals surface area contributed by atoms with Gasteiger partial charge in [-0.05, 0) is 48.0 Å². The normalized spacial score (nSPS) is 18.3. The maximum atomic E-state index is 13.2. The Morgan fingerprint density at radius 1 is 1.12 bits per heavy atom. The van der Waals surface area contributed by atoms with E-state index in [0.717, 1.165) is 17.0 Å². The van der Waals surface area contributed by atoms with Crippen molar-refractivity contribution >= 4 is 33.4 Å². The summed E-state index contributed by atoms with van der Waals surface area (Å²) in [4.78, 5) is 0.280. The van der Waals surface area contributed by atoms with Crippen molar-refractivity contribution < 1.29 is 8.42 Å². The topological polar surface area (TPSA) is 55.2 Å². The van der Waals surface area contributed by atoms with Gasteiger partial charge in [-0.1, -0.05) is 23.7 Å². The van der Waals surface area contributed by atoms with Gasteiger partial charge in [0.1, 0.15) is 0 Å². The first kappa shape index (κ1) is 17.6. The highest BCUT2D eigenvalue weighted by Crippen LogP contribution is 2.41. The van der Waals surface area contributed by atoms with Crippen molar-refractivity contribution in [2.75, 3.05) is 12.3 Å². The number of rotatable bonds is 4. The molecule has 3 aromatic rings. The minimum Gasteiger partial charge on any atom is -0.241 e. The van der Waals surface area contributed by atoms with Crippen molar-refractivity contribution in [1.29, 1.82) is 0 Å². The third-order valence-electron chi connectivity index (χ3n) is 4.20. The molecule has 1 aliphatic rings. The Morgan fingerprint density at radius 3 is 2.62 bits per heavy atom. The van der Waals surface area contributed by atoms with Crippen LogP contribution in [0.2, 0.25) is 5.02 Å². The van der Waals surface area contributed by atoms with Crippen molar-refractivity contribution in [3.8, 4) is 5.69 Å². The van der Waals surface area contributed by atoms with Crippen LogP contribution in [-0.4, -0.2) is 34.8 Å². The van der Waals surface area contributed by atoms with E-state index in [9.17, 15) is 8.42 Å². The summed E-state index contributed by atoms with van der Waals surface area (Å²) in [6, 6.07) is 16.0. The van der Waals surface area contributed by atoms with E-state index >= 15 is 0 Å². The molecule has 0 amide bonds. The van der Waals surface area contributed by atoms with E-state index in [0.29, 0.717) is 11.6 Å². The van der Waals surface area contributed by atoms with Crippen molar-refractivity contribution in [3.63, 3.8) is 0 Å². The van der Waals surface area contributed by atoms with Gasteiger partial charge < -0.3 is 0 Å². The lowest BCUT2D eigenvalue weighted by Gasteiger charge is -2.23. The molecule has 26 heavy (non-hydrogen) atoms. The van der Waals surface area contributed by atoms with E-state index in [4.69, 9.17) is 11.6 Å². The minimum absolute atomic E-state index is 0.260. The van der Waals surface area contributed by atoms with E-state index in [-0.39, 0.29) is 10.3 Å². The molecule has 8 heteroatoms. The standard InChI is InChI=1S/C18H16ClN3O2S2/c19-15-4-1-3-14(13-15)18-22(11-12-25-18)26(23,24)17-7-5-16(6-8-17)21-10-2-9-20-21/h1-10,13,18H,11-12H2. The zero-order valence-corrected chi connectivity index (χ0v) is 16.1. The lowest BCUT2D eigenvalue weighted by molar-refractivity contribution is 0.434. The van der Waals surface area contributed by atoms with Crippen molar-refractivity contribution in [2.24, 2.45) is 0 Å². The monoisotopic (exact) mass is 405 g/mol. The zero-order chi connectivity index (χ0) is 18.1. The second-order valence-corrected chi connectivity index (χ2v) is 9.35. The number of halogens is 1. The Kier molecular flexibility index (Phi) is 4.79. The average Bonchev–Trinajstić information content (AvgIpc) is 3.34. The van der Waals surface area contributed by atoms with Crippen LogP contribution in [0.3, 0.4) is 0 Å². The van der Waals surface area contributed by atoms with Crippen LogP contribution in [-0.2, 0) is 10.0 Å². The molecule has 1 aliphatic heterocycles. The maximum Gasteiger partial charge on any atom is 0.244 e. The second-order valence-electron chi connectivity index (χ2n) is 5.84. The van der Waals surface area contributed by atoms with Gasteiger partial charge in [-0.15, -0.1) is 11.8 Å². The smallest absolute Gasteiger partial charge is 0.241 e. The van der Waals surface area contributed by atoms with Crippen LogP contribution in [0.25, 0.3) is 5.69 Å². The number of aromatic nitrogens is 2. The first-order chi connectivity index (χ1) is 12.6. The van der Waals surface area contributed by atoms with Crippen LogP contribution in [0.15, 0.2) is 71.9 Å². The van der Waals surface area contributed by atoms with E-state index in [1.807, 2.05) is 30.5 Å². The fourth-order valence-corrected chi connectivity index (χ4v) is 6.38. The van der Waals surface area contributed by atoms with Crippen LogP contribution < -0.4 is 0 Å². The summed E-state index contributed by atoms with van der Waals surface area (Å²) in [6.07, 6.45) is 3.50. The molecule has 4 rings (SSSR count). The van der Waals surface area contributed by atoms with Gasteiger partial charge in [0.2, 0.25) is 10.0 Å². The van der Waals surface area contributed by atoms with Crippen molar-refractivity contribution in [1.82, 2.24) is 14.1 Å². The van der Waals surface area contributed by atoms with Gasteiger partial charge in [-0.2, -0.15) is 9.40 Å². The Hall–Kier alpha value is -1.80. The Bertz CT molecular complexity index is 1010. The highest BCUT2D eigenvalue weighted by atomic mass is 35.5. The largest absolute Gasteiger partial charge is 0.244 e. The fraction of sp³-hybridized carbons (Fsp3) is 0.167. The molecule has 2 heterocycles. The SMILES string of the molecule is O=S(=O)(c1ccc(-n2cccn2)cc1)N1CCSC1c1cccc(Cl)c1. The van der Waals surface area contributed by atoms with Crippen LogP contribution in [0.5, 0.6) is 0 Å². The lowest BCUT2D eigenvalue weighted by atomic mass is 10.2. The summed E-state index contributed by atoms with van der Waals surface area (Å²) in [5.74, 6) is 0.752. The van der Waals surface area contributed by atoms with Gasteiger partial charge in [0.15, 0.2) is 0 Å². The number of benzene rings is 2. The third kappa shape index (κ3) is 3.27. The van der Waals surface area contributed by atoms with Crippen molar-refractivity contribution in [3.05, 3.63) is 77.6 Å². The Balaban J connectivity index is 1.65. The Labute approximate surface area is 161 Å². The molecule has 1 aromatic heterocycles. The molecule has 1 unspecified atom stereocenters. The molecule has 0 aliphatic carbocycles. The lowest BCUT2D eigenvalue weighted by Crippen LogP contribution is -2.30. The molecule has 134 valence electrons. The predicted octanol–water partition coefficient (Wildman–Crippen LogP) is 3.96. The molecule has 0 bridgehead atoms. The van der Waals surface area contributed by atoms with E-state index < -0.39 is 10.0 Å². The molecule has 0 saturated carbocycles. The van der Waals surface area contributed by atoms with Crippen LogP contribution >= 0.6 is 23.4 Å². The summed E-state index contributed by atoms with van der Waals surface area (Å²) >= 11 is 7.69. The highest BCUT2D eigenvalue weighted by molar-refractivity contribution is 8.01. The molecule has 1 fully saturated rings. The maximum absolute atomic E-state index is 13.2. The summed E-state index contributed by atoms with van der Waals surface area (Å²) in [5, 5.41) is 4.50. The molecule has 0 spiro atoms. The molecule has 1 saturated heterocycles. The Morgan fingerprint density at radius 2 is 1.92 bits per heavy atom. The molecule has 0 radical (unpaired) electrons. The fourth-order valence-electron chi connectivity index (χ4n) is 2.95. The first-order valence-electron chi connectivity index (χ1n) is 8.05. The van der Waals surface area contributed by atoms with Gasteiger partial charge >= 0.3 is 0 Å².